The third-order valence-electron chi connectivity index (χ3n) is 9.18. The van der Waals surface area contributed by atoms with E-state index in [-0.39, 0.29) is 18.0 Å². The fraction of sp³-hybridized carbons (Fsp3) is 0.471. The third-order valence-corrected chi connectivity index (χ3v) is 9.18. The Labute approximate surface area is 251 Å². The van der Waals surface area contributed by atoms with Crippen LogP contribution in [0.25, 0.3) is 11.1 Å². The fourth-order valence-electron chi connectivity index (χ4n) is 6.77. The lowest BCUT2D eigenvalue weighted by Gasteiger charge is -2.37. The van der Waals surface area contributed by atoms with Crippen LogP contribution in [-0.4, -0.2) is 66.5 Å². The van der Waals surface area contributed by atoms with Gasteiger partial charge in [0.15, 0.2) is 0 Å². The molecule has 0 bridgehead atoms. The zero-order valence-electron chi connectivity index (χ0n) is 24.8. The Morgan fingerprint density at radius 2 is 1.67 bits per heavy atom. The van der Waals surface area contributed by atoms with Gasteiger partial charge in [0.25, 0.3) is 5.91 Å². The van der Waals surface area contributed by atoms with Gasteiger partial charge in [0.1, 0.15) is 5.82 Å². The number of halogens is 3. The third kappa shape index (κ3) is 6.82. The smallest absolute Gasteiger partial charge is 0.367 e. The Morgan fingerprint density at radius 1 is 0.930 bits per heavy atom. The van der Waals surface area contributed by atoms with Crippen molar-refractivity contribution in [2.75, 3.05) is 56.0 Å². The van der Waals surface area contributed by atoms with Crippen LogP contribution in [0.5, 0.6) is 0 Å². The fourth-order valence-corrected chi connectivity index (χ4v) is 6.77. The minimum atomic E-state index is -4.41. The molecule has 6 nitrogen and oxygen atoms in total. The largest absolute Gasteiger partial charge is 0.416 e. The molecule has 0 atom stereocenters. The van der Waals surface area contributed by atoms with E-state index in [2.05, 4.69) is 15.2 Å². The molecule has 1 aliphatic carbocycles. The van der Waals surface area contributed by atoms with Gasteiger partial charge in [0.05, 0.1) is 11.3 Å². The van der Waals surface area contributed by atoms with Crippen molar-refractivity contribution >= 4 is 17.4 Å². The van der Waals surface area contributed by atoms with Gasteiger partial charge in [-0.2, -0.15) is 13.2 Å². The van der Waals surface area contributed by atoms with Gasteiger partial charge in [0, 0.05) is 69.7 Å². The topological polar surface area (TPSA) is 51.7 Å². The summed E-state index contributed by atoms with van der Waals surface area (Å²) in [6.07, 6.45) is 4.11. The number of pyridine rings is 1. The summed E-state index contributed by atoms with van der Waals surface area (Å²) in [5.41, 5.74) is 3.63. The highest BCUT2D eigenvalue weighted by Crippen LogP contribution is 2.37. The maximum atomic E-state index is 13.8. The molecule has 6 rings (SSSR count). The highest BCUT2D eigenvalue weighted by atomic mass is 19.4. The van der Waals surface area contributed by atoms with Crippen molar-refractivity contribution in [3.8, 4) is 11.1 Å². The summed E-state index contributed by atoms with van der Waals surface area (Å²) in [4.78, 5) is 24.3. The predicted molar refractivity (Wildman–Crippen MR) is 164 cm³/mol. The first-order chi connectivity index (χ1) is 20.7. The predicted octanol–water partition coefficient (Wildman–Crippen LogP) is 6.85. The summed E-state index contributed by atoms with van der Waals surface area (Å²) < 4.78 is 41.3. The number of nitrogens with zero attached hydrogens (tertiary/aromatic N) is 4. The lowest BCUT2D eigenvalue weighted by atomic mass is 9.89. The van der Waals surface area contributed by atoms with Gasteiger partial charge in [-0.25, -0.2) is 4.98 Å². The number of rotatable bonds is 6. The lowest BCUT2D eigenvalue weighted by Crippen LogP contribution is -2.49. The number of aryl methyl sites for hydroxylation is 1. The van der Waals surface area contributed by atoms with Crippen molar-refractivity contribution < 1.29 is 18.0 Å². The van der Waals surface area contributed by atoms with E-state index in [1.54, 1.807) is 12.3 Å². The summed E-state index contributed by atoms with van der Waals surface area (Å²) in [5, 5.41) is 3.27. The van der Waals surface area contributed by atoms with Gasteiger partial charge in [0.2, 0.25) is 0 Å². The zero-order chi connectivity index (χ0) is 30.0. The molecule has 43 heavy (non-hydrogen) atoms. The van der Waals surface area contributed by atoms with Crippen molar-refractivity contribution in [3.05, 3.63) is 77.0 Å². The van der Waals surface area contributed by atoms with Crippen molar-refractivity contribution in [1.29, 1.82) is 0 Å². The van der Waals surface area contributed by atoms with Crippen molar-refractivity contribution in [2.45, 2.75) is 51.7 Å². The SMILES string of the molecule is Cc1ccc(C(F)(F)F)c(CN2CCNc3ncc(-c4ccc(C(=O)N5CCN(CC6CCCCC6)CC5)cc4)cc32)c1. The first kappa shape index (κ1) is 29.5. The van der Waals surface area contributed by atoms with Crippen LogP contribution in [0.1, 0.15) is 59.2 Å². The molecule has 1 saturated carbocycles. The molecule has 9 heteroatoms. The Kier molecular flexibility index (Phi) is 8.61. The number of anilines is 2. The minimum absolute atomic E-state index is 0.0569. The Bertz CT molecular complexity index is 1430. The zero-order valence-corrected chi connectivity index (χ0v) is 24.8. The van der Waals surface area contributed by atoms with Gasteiger partial charge in [-0.1, -0.05) is 49.1 Å². The Morgan fingerprint density at radius 3 is 2.40 bits per heavy atom. The van der Waals surface area contributed by atoms with E-state index in [1.807, 2.05) is 47.1 Å². The van der Waals surface area contributed by atoms with Crippen LogP contribution in [0.3, 0.4) is 0 Å². The number of nitrogens with one attached hydrogen (secondary N) is 1. The number of hydrogen-bond acceptors (Lipinski definition) is 5. The average Bonchev–Trinajstić information content (AvgIpc) is 3.01. The van der Waals surface area contributed by atoms with Crippen LogP contribution in [0.2, 0.25) is 0 Å². The molecule has 228 valence electrons. The number of amides is 1. The maximum Gasteiger partial charge on any atom is 0.416 e. The highest BCUT2D eigenvalue weighted by Gasteiger charge is 2.34. The van der Waals surface area contributed by atoms with Crippen LogP contribution in [0, 0.1) is 12.8 Å². The summed E-state index contributed by atoms with van der Waals surface area (Å²) in [6, 6.07) is 13.9. The monoisotopic (exact) mass is 591 g/mol. The summed E-state index contributed by atoms with van der Waals surface area (Å²) >= 11 is 0. The average molecular weight is 592 g/mol. The van der Waals surface area contributed by atoms with Gasteiger partial charge in [-0.3, -0.25) is 9.69 Å². The number of piperazine rings is 1. The molecule has 3 heterocycles. The van der Waals surface area contributed by atoms with Gasteiger partial charge in [-0.15, -0.1) is 0 Å². The van der Waals surface area contributed by atoms with E-state index in [9.17, 15) is 18.0 Å². The van der Waals surface area contributed by atoms with Crippen molar-refractivity contribution in [3.63, 3.8) is 0 Å². The van der Waals surface area contributed by atoms with E-state index >= 15 is 0 Å². The Balaban J connectivity index is 1.13. The van der Waals surface area contributed by atoms with Crippen molar-refractivity contribution in [2.24, 2.45) is 5.92 Å². The molecular weight excluding hydrogens is 551 g/mol. The summed E-state index contributed by atoms with van der Waals surface area (Å²) in [7, 11) is 0. The minimum Gasteiger partial charge on any atom is -0.367 e. The molecule has 3 aliphatic rings. The molecule has 0 radical (unpaired) electrons. The molecule has 1 N–H and O–H groups in total. The quantitative estimate of drug-likeness (QED) is 0.340. The van der Waals surface area contributed by atoms with Crippen LogP contribution >= 0.6 is 0 Å². The van der Waals surface area contributed by atoms with Gasteiger partial charge < -0.3 is 15.1 Å². The second-order valence-corrected chi connectivity index (χ2v) is 12.3. The lowest BCUT2D eigenvalue weighted by molar-refractivity contribution is -0.138. The number of carbonyl (C=O) groups excluding carboxylic acids is 1. The summed E-state index contributed by atoms with van der Waals surface area (Å²) in [5.74, 6) is 1.52. The number of carbonyl (C=O) groups is 1. The van der Waals surface area contributed by atoms with Crippen LogP contribution in [0.4, 0.5) is 24.7 Å². The van der Waals surface area contributed by atoms with Crippen LogP contribution in [-0.2, 0) is 12.7 Å². The van der Waals surface area contributed by atoms with Gasteiger partial charge in [-0.05, 0) is 61.1 Å². The van der Waals surface area contributed by atoms with E-state index in [0.717, 1.165) is 61.0 Å². The van der Waals surface area contributed by atoms with Crippen LogP contribution in [0.15, 0.2) is 54.7 Å². The number of hydrogen-bond donors (Lipinski definition) is 1. The summed E-state index contributed by atoms with van der Waals surface area (Å²) in [6.45, 7) is 7.62. The van der Waals surface area contributed by atoms with Gasteiger partial charge >= 0.3 is 6.18 Å². The molecular formula is C34H40F3N5O. The second-order valence-electron chi connectivity index (χ2n) is 12.3. The first-order valence-corrected chi connectivity index (χ1v) is 15.5. The first-order valence-electron chi connectivity index (χ1n) is 15.5. The molecule has 0 unspecified atom stereocenters. The van der Waals surface area contributed by atoms with E-state index in [0.29, 0.717) is 24.5 Å². The van der Waals surface area contributed by atoms with E-state index in [1.165, 1.54) is 44.2 Å². The molecule has 1 amide bonds. The molecule has 2 aromatic carbocycles. The number of fused-ring (bicyclic) bond motifs is 1. The normalized spacial score (nSPS) is 18.3. The molecule has 1 saturated heterocycles. The number of alkyl halides is 3. The Hall–Kier alpha value is -3.59. The molecule has 2 aliphatic heterocycles. The number of aromatic nitrogens is 1. The number of benzene rings is 2. The van der Waals surface area contributed by atoms with E-state index < -0.39 is 11.7 Å². The van der Waals surface area contributed by atoms with Crippen molar-refractivity contribution in [1.82, 2.24) is 14.8 Å². The maximum absolute atomic E-state index is 13.8. The van der Waals surface area contributed by atoms with Crippen LogP contribution < -0.4 is 10.2 Å². The highest BCUT2D eigenvalue weighted by molar-refractivity contribution is 5.95. The second kappa shape index (κ2) is 12.6. The molecule has 3 aromatic rings. The standard InChI is InChI=1S/C34H40F3N5O/c1-24-7-12-30(34(35,36)37)29(19-24)23-42-14-13-38-32-31(42)20-28(21-39-32)26-8-10-27(11-9-26)33(43)41-17-15-40(16-18-41)22-25-5-3-2-4-6-25/h7-12,19-21,25H,2-6,13-18,22-23H2,1H3,(H,38,39). The van der Waals surface area contributed by atoms with E-state index in [4.69, 9.17) is 0 Å². The molecule has 2 fully saturated rings. The molecule has 1 aromatic heterocycles. The molecule has 0 spiro atoms.